The largest absolute Gasteiger partial charge is 0.462 e. The maximum Gasteiger partial charge on any atom is 0.306 e. The van der Waals surface area contributed by atoms with Crippen LogP contribution >= 0.6 is 0 Å². The summed E-state index contributed by atoms with van der Waals surface area (Å²) in [5, 5.41) is 0. The Morgan fingerprint density at radius 3 is 1.09 bits per heavy atom. The number of unbranched alkanes of at least 4 members (excludes halogenated alkanes) is 12. The molecule has 0 amide bonds. The zero-order valence-corrected chi connectivity index (χ0v) is 41.4. The summed E-state index contributed by atoms with van der Waals surface area (Å²) in [5.41, 5.74) is 0. The van der Waals surface area contributed by atoms with E-state index in [1.807, 2.05) is 0 Å². The number of ether oxygens (including phenoxy) is 3. The number of esters is 3. The van der Waals surface area contributed by atoms with E-state index in [4.69, 9.17) is 14.2 Å². The molecule has 0 aromatic carbocycles. The first-order valence-corrected chi connectivity index (χ1v) is 25.7. The molecule has 0 saturated heterocycles. The molecule has 0 fully saturated rings. The lowest BCUT2D eigenvalue weighted by Crippen LogP contribution is -2.30. The van der Waals surface area contributed by atoms with E-state index in [9.17, 15) is 14.4 Å². The van der Waals surface area contributed by atoms with Crippen molar-refractivity contribution in [3.8, 4) is 0 Å². The van der Waals surface area contributed by atoms with Gasteiger partial charge in [-0.2, -0.15) is 0 Å². The third-order valence-electron chi connectivity index (χ3n) is 10.1. The molecule has 0 aliphatic heterocycles. The molecule has 6 nitrogen and oxygen atoms in total. The molecule has 1 atom stereocenters. The van der Waals surface area contributed by atoms with Gasteiger partial charge in [0, 0.05) is 19.3 Å². The Morgan fingerprint density at radius 1 is 0.338 bits per heavy atom. The van der Waals surface area contributed by atoms with Gasteiger partial charge in [-0.05, 0) is 122 Å². The van der Waals surface area contributed by atoms with Gasteiger partial charge < -0.3 is 14.2 Å². The molecule has 0 rings (SSSR count). The summed E-state index contributed by atoms with van der Waals surface area (Å²) in [6.45, 7) is 6.32. The van der Waals surface area contributed by atoms with Crippen molar-refractivity contribution in [2.45, 2.75) is 207 Å². The number of allylic oxidation sites excluding steroid dienone is 22. The van der Waals surface area contributed by atoms with E-state index in [2.05, 4.69) is 154 Å². The SMILES string of the molecule is CC/C=C\C/C=C\C/C=C\C/C=C\C/C=C\CCCCCC(=O)OCC(COC(=O)CCCCC/C=C\C=C/CCCC)OC(=O)CCC/C=C\C/C=C\C/C=C\C/C=C\CCCCC. The lowest BCUT2D eigenvalue weighted by molar-refractivity contribution is -0.167. The maximum atomic E-state index is 12.8. The minimum Gasteiger partial charge on any atom is -0.462 e. The average Bonchev–Trinajstić information content (AvgIpc) is 3.30. The van der Waals surface area contributed by atoms with Gasteiger partial charge in [-0.15, -0.1) is 0 Å². The highest BCUT2D eigenvalue weighted by Gasteiger charge is 2.19. The molecule has 0 bridgehead atoms. The molecular weight excluding hydrogens is 805 g/mol. The molecule has 6 heteroatoms. The van der Waals surface area contributed by atoms with Gasteiger partial charge in [0.25, 0.3) is 0 Å². The summed E-state index contributed by atoms with van der Waals surface area (Å²) >= 11 is 0. The van der Waals surface area contributed by atoms with Crippen LogP contribution in [0.5, 0.6) is 0 Å². The summed E-state index contributed by atoms with van der Waals surface area (Å²) in [6, 6.07) is 0. The van der Waals surface area contributed by atoms with E-state index in [0.717, 1.165) is 116 Å². The summed E-state index contributed by atoms with van der Waals surface area (Å²) in [6.07, 6.45) is 73.0. The van der Waals surface area contributed by atoms with Crippen LogP contribution in [0.1, 0.15) is 201 Å². The molecule has 364 valence electrons. The number of carbonyl (C=O) groups excluding carboxylic acids is 3. The van der Waals surface area contributed by atoms with Crippen LogP contribution in [0.4, 0.5) is 0 Å². The van der Waals surface area contributed by atoms with E-state index >= 15 is 0 Å². The molecule has 0 saturated carbocycles. The highest BCUT2D eigenvalue weighted by Crippen LogP contribution is 2.10. The van der Waals surface area contributed by atoms with Gasteiger partial charge in [-0.1, -0.05) is 193 Å². The minimum atomic E-state index is -0.835. The van der Waals surface area contributed by atoms with Crippen LogP contribution in [0.15, 0.2) is 134 Å². The number of hydrogen-bond donors (Lipinski definition) is 0. The van der Waals surface area contributed by atoms with Gasteiger partial charge >= 0.3 is 17.9 Å². The molecule has 0 aliphatic rings. The summed E-state index contributed by atoms with van der Waals surface area (Å²) in [4.78, 5) is 37.9. The van der Waals surface area contributed by atoms with Crippen LogP contribution < -0.4 is 0 Å². The fourth-order valence-corrected chi connectivity index (χ4v) is 6.26. The average molecular weight is 897 g/mol. The molecule has 0 aliphatic carbocycles. The van der Waals surface area contributed by atoms with Crippen molar-refractivity contribution in [3.63, 3.8) is 0 Å². The fourth-order valence-electron chi connectivity index (χ4n) is 6.26. The van der Waals surface area contributed by atoms with E-state index in [-0.39, 0.29) is 37.5 Å². The van der Waals surface area contributed by atoms with Gasteiger partial charge in [0.05, 0.1) is 0 Å². The molecule has 0 radical (unpaired) electrons. The second kappa shape index (κ2) is 52.2. The minimum absolute atomic E-state index is 0.130. The van der Waals surface area contributed by atoms with Crippen molar-refractivity contribution in [3.05, 3.63) is 134 Å². The standard InChI is InChI=1S/C59H92O6/c1-4-7-10-13-16-19-22-24-26-28-29-31-32-34-37-40-43-46-49-52-58(61)64-55-56(54-63-57(60)51-48-45-42-39-36-21-18-15-12-9-6-3)65-59(62)53-50-47-44-41-38-35-33-30-27-25-23-20-17-14-11-8-5-2/h7,10,15-21,24-27,29,31,33-37,41,44,56H,4-6,8-9,11-14,22-23,28,30,32,38-40,42-43,45-55H2,1-3H3/b10-7-,18-15-,19-16-,20-17-,26-24-,27-25-,31-29-,35-33-,36-21-,37-34-,44-41-. The normalized spacial score (nSPS) is 13.2. The highest BCUT2D eigenvalue weighted by atomic mass is 16.6. The van der Waals surface area contributed by atoms with Gasteiger partial charge in [-0.25, -0.2) is 0 Å². The van der Waals surface area contributed by atoms with Crippen LogP contribution in [0.25, 0.3) is 0 Å². The summed E-state index contributed by atoms with van der Waals surface area (Å²) in [7, 11) is 0. The van der Waals surface area contributed by atoms with Crippen LogP contribution in [0, 0.1) is 0 Å². The van der Waals surface area contributed by atoms with Crippen molar-refractivity contribution >= 4 is 17.9 Å². The maximum absolute atomic E-state index is 12.8. The zero-order valence-electron chi connectivity index (χ0n) is 41.4. The van der Waals surface area contributed by atoms with Crippen molar-refractivity contribution < 1.29 is 28.6 Å². The quantitative estimate of drug-likeness (QED) is 0.0199. The van der Waals surface area contributed by atoms with Crippen LogP contribution in [-0.2, 0) is 28.6 Å². The fraction of sp³-hybridized carbons (Fsp3) is 0.576. The van der Waals surface area contributed by atoms with Crippen molar-refractivity contribution in [2.24, 2.45) is 0 Å². The molecule has 65 heavy (non-hydrogen) atoms. The van der Waals surface area contributed by atoms with E-state index in [1.54, 1.807) is 0 Å². The van der Waals surface area contributed by atoms with Crippen LogP contribution in [0.2, 0.25) is 0 Å². The Balaban J connectivity index is 4.57. The lowest BCUT2D eigenvalue weighted by Gasteiger charge is -2.18. The first-order chi connectivity index (χ1) is 32.0. The number of hydrogen-bond acceptors (Lipinski definition) is 6. The van der Waals surface area contributed by atoms with Crippen molar-refractivity contribution in [1.29, 1.82) is 0 Å². The Hall–Kier alpha value is -4.45. The van der Waals surface area contributed by atoms with Gasteiger partial charge in [0.1, 0.15) is 13.2 Å². The second-order valence-electron chi connectivity index (χ2n) is 16.4. The summed E-state index contributed by atoms with van der Waals surface area (Å²) < 4.78 is 16.7. The smallest absolute Gasteiger partial charge is 0.306 e. The molecule has 0 N–H and O–H groups in total. The van der Waals surface area contributed by atoms with Crippen molar-refractivity contribution in [1.82, 2.24) is 0 Å². The number of rotatable bonds is 44. The third kappa shape index (κ3) is 50.4. The van der Waals surface area contributed by atoms with Gasteiger partial charge in [0.15, 0.2) is 6.10 Å². The third-order valence-corrected chi connectivity index (χ3v) is 10.1. The lowest BCUT2D eigenvalue weighted by atomic mass is 10.1. The first kappa shape index (κ1) is 60.5. The zero-order chi connectivity index (χ0) is 47.2. The van der Waals surface area contributed by atoms with Crippen LogP contribution in [0.3, 0.4) is 0 Å². The molecule has 0 aromatic rings. The molecule has 1 unspecified atom stereocenters. The molecular formula is C59H92O6. The van der Waals surface area contributed by atoms with Crippen LogP contribution in [-0.4, -0.2) is 37.2 Å². The van der Waals surface area contributed by atoms with E-state index in [1.165, 1.54) is 38.5 Å². The molecule has 0 heterocycles. The molecule has 0 spiro atoms. The Kier molecular flexibility index (Phi) is 48.6. The number of carbonyl (C=O) groups is 3. The highest BCUT2D eigenvalue weighted by molar-refractivity contribution is 5.71. The second-order valence-corrected chi connectivity index (χ2v) is 16.4. The van der Waals surface area contributed by atoms with E-state index < -0.39 is 6.10 Å². The Labute approximate surface area is 398 Å². The Morgan fingerprint density at radius 2 is 0.677 bits per heavy atom. The van der Waals surface area contributed by atoms with Gasteiger partial charge in [0.2, 0.25) is 0 Å². The summed E-state index contributed by atoms with van der Waals surface area (Å²) in [5.74, 6) is -1.06. The topological polar surface area (TPSA) is 78.9 Å². The van der Waals surface area contributed by atoms with Crippen molar-refractivity contribution in [2.75, 3.05) is 13.2 Å². The van der Waals surface area contributed by atoms with Gasteiger partial charge in [-0.3, -0.25) is 14.4 Å². The monoisotopic (exact) mass is 897 g/mol. The van der Waals surface area contributed by atoms with E-state index in [0.29, 0.717) is 19.3 Å². The molecule has 0 aromatic heterocycles. The Bertz CT molecular complexity index is 1450. The predicted octanol–water partition coefficient (Wildman–Crippen LogP) is 17.1. The predicted molar refractivity (Wildman–Crippen MR) is 279 cm³/mol. The first-order valence-electron chi connectivity index (χ1n) is 25.7.